The van der Waals surface area contributed by atoms with Crippen molar-refractivity contribution < 1.29 is 9.59 Å². The van der Waals surface area contributed by atoms with E-state index in [1.165, 1.54) is 11.6 Å². The van der Waals surface area contributed by atoms with E-state index in [9.17, 15) is 19.2 Å². The summed E-state index contributed by atoms with van der Waals surface area (Å²) in [5, 5.41) is 6.61. The number of aromatic nitrogens is 4. The largest absolute Gasteiger partial charge is 0.342 e. The van der Waals surface area contributed by atoms with Gasteiger partial charge in [0.2, 0.25) is 5.91 Å². The molecule has 0 saturated carbocycles. The van der Waals surface area contributed by atoms with Crippen LogP contribution in [0.2, 0.25) is 0 Å². The summed E-state index contributed by atoms with van der Waals surface area (Å²) in [5.41, 5.74) is 0.347. The fraction of sp³-hybridized carbons (Fsp3) is 0.381. The molecule has 0 radical (unpaired) electrons. The number of imidazole rings is 1. The number of hydrazine groups is 1. The van der Waals surface area contributed by atoms with Crippen molar-refractivity contribution in [3.05, 3.63) is 51.2 Å². The normalized spacial score (nSPS) is 18.9. The van der Waals surface area contributed by atoms with Crippen molar-refractivity contribution in [3.8, 4) is 0 Å². The van der Waals surface area contributed by atoms with E-state index >= 15 is 0 Å². The average molecular weight is 472 g/mol. The lowest BCUT2D eigenvalue weighted by Crippen LogP contribution is -2.46. The molecule has 4 rings (SSSR count). The van der Waals surface area contributed by atoms with Crippen molar-refractivity contribution in [2.24, 2.45) is 21.1 Å². The highest BCUT2D eigenvalue weighted by atomic mass is 32.2. The van der Waals surface area contributed by atoms with E-state index in [-0.39, 0.29) is 34.8 Å². The van der Waals surface area contributed by atoms with Gasteiger partial charge in [-0.25, -0.2) is 19.8 Å². The summed E-state index contributed by atoms with van der Waals surface area (Å²) in [6.45, 7) is 1.88. The van der Waals surface area contributed by atoms with Crippen LogP contribution in [-0.2, 0) is 30.7 Å². The molecule has 0 spiro atoms. The molecule has 3 heterocycles. The van der Waals surface area contributed by atoms with Gasteiger partial charge in [0.05, 0.1) is 17.5 Å². The number of nitrogens with zero attached hydrogens (tertiary/aromatic N) is 6. The van der Waals surface area contributed by atoms with Crippen LogP contribution in [0.5, 0.6) is 0 Å². The number of amides is 2. The molecule has 2 amide bonds. The molecule has 2 atom stereocenters. The maximum absolute atomic E-state index is 13.0. The summed E-state index contributed by atoms with van der Waals surface area (Å²) in [6, 6.07) is 8.32. The number of carbonyl (C=O) groups is 2. The van der Waals surface area contributed by atoms with E-state index in [4.69, 9.17) is 0 Å². The molecule has 1 fully saturated rings. The molecule has 174 valence electrons. The van der Waals surface area contributed by atoms with Crippen LogP contribution in [-0.4, -0.2) is 60.4 Å². The molecule has 11 nitrogen and oxygen atoms in total. The minimum absolute atomic E-state index is 0.00300. The van der Waals surface area contributed by atoms with Crippen LogP contribution < -0.4 is 21.6 Å². The molecule has 0 unspecified atom stereocenters. The van der Waals surface area contributed by atoms with Gasteiger partial charge in [0.25, 0.3) is 11.5 Å². The first kappa shape index (κ1) is 22.8. The van der Waals surface area contributed by atoms with Gasteiger partial charge in [-0.1, -0.05) is 30.0 Å². The van der Waals surface area contributed by atoms with Gasteiger partial charge >= 0.3 is 5.69 Å². The Morgan fingerprint density at radius 3 is 2.36 bits per heavy atom. The highest BCUT2D eigenvalue weighted by molar-refractivity contribution is 7.99. The highest BCUT2D eigenvalue weighted by Gasteiger charge is 2.43. The van der Waals surface area contributed by atoms with Gasteiger partial charge in [-0.3, -0.25) is 23.5 Å². The fourth-order valence-electron chi connectivity index (χ4n) is 3.93. The van der Waals surface area contributed by atoms with E-state index in [0.29, 0.717) is 5.16 Å². The summed E-state index contributed by atoms with van der Waals surface area (Å²) in [4.78, 5) is 54.8. The quantitative estimate of drug-likeness (QED) is 0.514. The molecular formula is C21H25N7O4S. The predicted molar refractivity (Wildman–Crippen MR) is 125 cm³/mol. The molecule has 0 bridgehead atoms. The molecule has 1 N–H and O–H groups in total. The van der Waals surface area contributed by atoms with Crippen molar-refractivity contribution in [3.63, 3.8) is 0 Å². The van der Waals surface area contributed by atoms with Crippen molar-refractivity contribution in [2.75, 3.05) is 17.8 Å². The van der Waals surface area contributed by atoms with Crippen LogP contribution in [0.15, 0.2) is 45.1 Å². The standard InChI is InChI=1S/C21H25N7O4S/c1-12-15(18(30)28(27(12)5)13-9-7-6-8-10-13)22-14(29)11-33-20-23-17-16(24(20)2)19(31)26(4)21(32)25(17)3/h6-10,12,15H,11H2,1-5H3,(H,22,29)/t12-,15+/m1/s1. The number of rotatable bonds is 5. The van der Waals surface area contributed by atoms with Gasteiger partial charge in [0.15, 0.2) is 16.3 Å². The van der Waals surface area contributed by atoms with Crippen LogP contribution in [0, 0.1) is 0 Å². The first-order valence-electron chi connectivity index (χ1n) is 10.3. The molecule has 1 aromatic carbocycles. The Balaban J connectivity index is 1.50. The number of carbonyl (C=O) groups excluding carboxylic acids is 2. The summed E-state index contributed by atoms with van der Waals surface area (Å²) in [6.07, 6.45) is 0. The number of benzene rings is 1. The third-order valence-corrected chi connectivity index (χ3v) is 6.98. The zero-order valence-corrected chi connectivity index (χ0v) is 19.8. The highest BCUT2D eigenvalue weighted by Crippen LogP contribution is 2.26. The minimum atomic E-state index is -0.697. The first-order valence-corrected chi connectivity index (χ1v) is 11.3. The van der Waals surface area contributed by atoms with Gasteiger partial charge in [0.1, 0.15) is 6.04 Å². The Kier molecular flexibility index (Phi) is 5.89. The fourth-order valence-corrected chi connectivity index (χ4v) is 4.70. The smallest absolute Gasteiger partial charge is 0.332 e. The second-order valence-corrected chi connectivity index (χ2v) is 8.91. The van der Waals surface area contributed by atoms with E-state index in [2.05, 4.69) is 10.3 Å². The number of likely N-dealkylation sites (N-methyl/N-ethyl adjacent to an activating group) is 1. The predicted octanol–water partition coefficient (Wildman–Crippen LogP) is -0.170. The Morgan fingerprint density at radius 1 is 1.03 bits per heavy atom. The first-order chi connectivity index (χ1) is 15.6. The maximum Gasteiger partial charge on any atom is 0.332 e. The van der Waals surface area contributed by atoms with Gasteiger partial charge < -0.3 is 9.88 Å². The van der Waals surface area contributed by atoms with Crippen LogP contribution in [0.1, 0.15) is 6.92 Å². The monoisotopic (exact) mass is 471 g/mol. The second kappa shape index (κ2) is 8.52. The molecule has 12 heteroatoms. The zero-order chi connectivity index (χ0) is 24.0. The third-order valence-electron chi connectivity index (χ3n) is 5.95. The number of nitrogens with one attached hydrogen (secondary N) is 1. The third kappa shape index (κ3) is 3.74. The van der Waals surface area contributed by atoms with Crippen molar-refractivity contribution in [1.29, 1.82) is 0 Å². The maximum atomic E-state index is 13.0. The zero-order valence-electron chi connectivity index (χ0n) is 19.0. The summed E-state index contributed by atoms with van der Waals surface area (Å²) in [7, 11) is 6.42. The Labute approximate surface area is 193 Å². The van der Waals surface area contributed by atoms with Gasteiger partial charge in [-0.2, -0.15) is 0 Å². The summed E-state index contributed by atoms with van der Waals surface area (Å²) < 4.78 is 3.89. The topological polar surface area (TPSA) is 114 Å². The lowest BCUT2D eigenvalue weighted by Gasteiger charge is -2.26. The summed E-state index contributed by atoms with van der Waals surface area (Å²) >= 11 is 1.13. The van der Waals surface area contributed by atoms with E-state index in [0.717, 1.165) is 22.0 Å². The minimum Gasteiger partial charge on any atom is -0.342 e. The number of hydrogen-bond donors (Lipinski definition) is 1. The van der Waals surface area contributed by atoms with Crippen molar-refractivity contribution in [1.82, 2.24) is 29.0 Å². The van der Waals surface area contributed by atoms with E-state index in [1.54, 1.807) is 35.7 Å². The number of hydrogen-bond acceptors (Lipinski definition) is 7. The lowest BCUT2D eigenvalue weighted by molar-refractivity contribution is -0.125. The molecule has 1 saturated heterocycles. The van der Waals surface area contributed by atoms with Crippen LogP contribution in [0.25, 0.3) is 11.2 Å². The van der Waals surface area contributed by atoms with E-state index in [1.807, 2.05) is 37.3 Å². The van der Waals surface area contributed by atoms with Crippen LogP contribution >= 0.6 is 11.8 Å². The molecule has 33 heavy (non-hydrogen) atoms. The molecule has 1 aliphatic heterocycles. The Hall–Kier alpha value is -3.38. The molecular weight excluding hydrogens is 446 g/mol. The molecule has 3 aromatic rings. The number of thioether (sulfide) groups is 1. The van der Waals surface area contributed by atoms with Crippen molar-refractivity contribution >= 4 is 40.4 Å². The lowest BCUT2D eigenvalue weighted by atomic mass is 10.1. The van der Waals surface area contributed by atoms with Crippen LogP contribution in [0.3, 0.4) is 0 Å². The molecule has 0 aliphatic carbocycles. The Morgan fingerprint density at radius 2 is 1.70 bits per heavy atom. The SMILES string of the molecule is C[C@@H]1[C@H](NC(=O)CSc2nc3c(c(=O)n(C)c(=O)n3C)n2C)C(=O)N(c2ccccc2)N1C. The van der Waals surface area contributed by atoms with Crippen molar-refractivity contribution in [2.45, 2.75) is 24.2 Å². The van der Waals surface area contributed by atoms with Gasteiger partial charge in [-0.05, 0) is 19.1 Å². The number of aryl methyl sites for hydroxylation is 2. The van der Waals surface area contributed by atoms with Gasteiger partial charge in [-0.15, -0.1) is 0 Å². The van der Waals surface area contributed by atoms with E-state index < -0.39 is 17.3 Å². The molecule has 2 aromatic heterocycles. The Bertz CT molecular complexity index is 1360. The number of anilines is 1. The molecule has 1 aliphatic rings. The second-order valence-electron chi connectivity index (χ2n) is 7.97. The summed E-state index contributed by atoms with van der Waals surface area (Å²) in [5.74, 6) is -0.546. The average Bonchev–Trinajstić information content (AvgIpc) is 3.24. The van der Waals surface area contributed by atoms with Crippen LogP contribution in [0.4, 0.5) is 5.69 Å². The van der Waals surface area contributed by atoms with Gasteiger partial charge in [0, 0.05) is 28.2 Å². The number of fused-ring (bicyclic) bond motifs is 1. The number of para-hydroxylation sites is 1.